The second kappa shape index (κ2) is 5.34. The first-order valence-electron chi connectivity index (χ1n) is 6.06. The molecule has 1 aromatic carbocycles. The topological polar surface area (TPSA) is 87.7 Å². The Kier molecular flexibility index (Phi) is 3.94. The van der Waals surface area contributed by atoms with Gasteiger partial charge in [-0.05, 0) is 28.1 Å². The minimum Gasteiger partial charge on any atom is -0.393 e. The second-order valence-corrected chi connectivity index (χ2v) is 6.30. The van der Waals surface area contributed by atoms with Crippen molar-refractivity contribution in [1.29, 1.82) is 0 Å². The zero-order chi connectivity index (χ0) is 15.4. The van der Waals surface area contributed by atoms with E-state index >= 15 is 0 Å². The van der Waals surface area contributed by atoms with Crippen LogP contribution >= 0.6 is 39.1 Å². The maximum absolute atomic E-state index is 10.9. The van der Waals surface area contributed by atoms with Gasteiger partial charge in [0.25, 0.3) is 0 Å². The van der Waals surface area contributed by atoms with Crippen molar-refractivity contribution in [2.24, 2.45) is 0 Å². The quantitative estimate of drug-likeness (QED) is 0.714. The number of fused-ring (bicyclic) bond motifs is 1. The van der Waals surface area contributed by atoms with Gasteiger partial charge in [0.15, 0.2) is 4.73 Å². The van der Waals surface area contributed by atoms with Gasteiger partial charge in [0.05, 0.1) is 34.3 Å². The van der Waals surface area contributed by atoms with Gasteiger partial charge in [0, 0.05) is 0 Å². The van der Waals surface area contributed by atoms with Crippen LogP contribution in [-0.2, 0) is 10.5 Å². The molecule has 2 heterocycles. The summed E-state index contributed by atoms with van der Waals surface area (Å²) in [6, 6.07) is 3.09. The summed E-state index contributed by atoms with van der Waals surface area (Å²) in [7, 11) is 0. The molecular weight excluding hydrogens is 387 g/mol. The van der Waals surface area contributed by atoms with E-state index in [1.165, 1.54) is 10.6 Å². The molecule has 6 nitrogen and oxygen atoms in total. The number of ether oxygens (including phenoxy) is 1. The van der Waals surface area contributed by atoms with E-state index in [2.05, 4.69) is 20.9 Å². The highest BCUT2D eigenvalue weighted by molar-refractivity contribution is 9.10. The fraction of sp³-hybridized carbons (Fsp3) is 0.417. The standard InChI is InChI=1S/C12H11BrCl2N2O4/c13-11-16-7-1-5(14)6(15)2-8(7)17(11)12(20)9(19)4-21-10(12)3-18/h1-2,9-10,18-20H,3-4H2/t9-,10+,12+/m0/s1. The van der Waals surface area contributed by atoms with Crippen molar-refractivity contribution < 1.29 is 20.1 Å². The number of imidazole rings is 1. The van der Waals surface area contributed by atoms with Crippen LogP contribution in [0.1, 0.15) is 0 Å². The predicted molar refractivity (Wildman–Crippen MR) is 80.5 cm³/mol. The van der Waals surface area contributed by atoms with E-state index in [9.17, 15) is 15.3 Å². The SMILES string of the molecule is OC[C@H]1OC[C@H](O)[C@]1(O)n1c(Br)nc2cc(Cl)c(Cl)cc21. The van der Waals surface area contributed by atoms with Crippen molar-refractivity contribution in [2.75, 3.05) is 13.2 Å². The fourth-order valence-electron chi connectivity index (χ4n) is 2.53. The molecule has 1 aromatic heterocycles. The molecule has 1 aliphatic rings. The highest BCUT2D eigenvalue weighted by Gasteiger charge is 2.53. The average Bonchev–Trinajstić information content (AvgIpc) is 2.89. The molecule has 0 radical (unpaired) electrons. The molecule has 3 N–H and O–H groups in total. The van der Waals surface area contributed by atoms with Gasteiger partial charge in [-0.25, -0.2) is 4.98 Å². The molecular formula is C12H11BrCl2N2O4. The van der Waals surface area contributed by atoms with Gasteiger partial charge in [0.2, 0.25) is 5.72 Å². The lowest BCUT2D eigenvalue weighted by molar-refractivity contribution is -0.149. The minimum atomic E-state index is -1.86. The van der Waals surface area contributed by atoms with E-state index in [1.807, 2.05) is 0 Å². The van der Waals surface area contributed by atoms with Gasteiger partial charge in [-0.2, -0.15) is 0 Å². The summed E-state index contributed by atoms with van der Waals surface area (Å²) in [4.78, 5) is 4.24. The highest BCUT2D eigenvalue weighted by Crippen LogP contribution is 2.39. The molecule has 0 aliphatic carbocycles. The molecule has 1 aliphatic heterocycles. The summed E-state index contributed by atoms with van der Waals surface area (Å²) in [5.74, 6) is 0. The normalized spacial score (nSPS) is 29.4. The number of aromatic nitrogens is 2. The van der Waals surface area contributed by atoms with Gasteiger partial charge < -0.3 is 20.1 Å². The first kappa shape index (κ1) is 15.5. The zero-order valence-electron chi connectivity index (χ0n) is 10.5. The van der Waals surface area contributed by atoms with E-state index in [1.54, 1.807) is 6.07 Å². The monoisotopic (exact) mass is 396 g/mol. The molecule has 9 heteroatoms. The summed E-state index contributed by atoms with van der Waals surface area (Å²) in [5.41, 5.74) is -0.915. The van der Waals surface area contributed by atoms with Crippen LogP contribution in [0, 0.1) is 0 Å². The first-order chi connectivity index (χ1) is 9.89. The third-order valence-electron chi connectivity index (χ3n) is 3.60. The average molecular weight is 398 g/mol. The largest absolute Gasteiger partial charge is 0.393 e. The number of nitrogens with zero attached hydrogens (tertiary/aromatic N) is 2. The van der Waals surface area contributed by atoms with Gasteiger partial charge in [-0.1, -0.05) is 23.2 Å². The maximum atomic E-state index is 10.9. The van der Waals surface area contributed by atoms with E-state index in [0.29, 0.717) is 16.1 Å². The van der Waals surface area contributed by atoms with Gasteiger partial charge in [-0.3, -0.25) is 4.57 Å². The Morgan fingerprint density at radius 2 is 2.10 bits per heavy atom. The molecule has 0 amide bonds. The van der Waals surface area contributed by atoms with E-state index in [4.69, 9.17) is 27.9 Å². The number of halogens is 3. The number of rotatable bonds is 2. The molecule has 0 spiro atoms. The summed E-state index contributed by atoms with van der Waals surface area (Å²) in [5, 5.41) is 31.0. The third-order valence-corrected chi connectivity index (χ3v) is 4.85. The third kappa shape index (κ3) is 2.19. The molecule has 3 rings (SSSR count). The minimum absolute atomic E-state index is 0.102. The molecule has 1 saturated heterocycles. The molecule has 2 aromatic rings. The fourth-order valence-corrected chi connectivity index (χ4v) is 3.51. The van der Waals surface area contributed by atoms with Gasteiger partial charge in [0.1, 0.15) is 12.2 Å². The van der Waals surface area contributed by atoms with Crippen molar-refractivity contribution in [3.05, 3.63) is 26.9 Å². The number of hydrogen-bond donors (Lipinski definition) is 3. The van der Waals surface area contributed by atoms with Crippen LogP contribution in [0.25, 0.3) is 11.0 Å². The Morgan fingerprint density at radius 1 is 1.43 bits per heavy atom. The van der Waals surface area contributed by atoms with Crippen LogP contribution in [0.2, 0.25) is 10.0 Å². The molecule has 114 valence electrons. The van der Waals surface area contributed by atoms with E-state index in [0.717, 1.165) is 0 Å². The lowest BCUT2D eigenvalue weighted by atomic mass is 10.0. The molecule has 21 heavy (non-hydrogen) atoms. The molecule has 3 atom stereocenters. The van der Waals surface area contributed by atoms with Crippen molar-refractivity contribution in [1.82, 2.24) is 9.55 Å². The first-order valence-corrected chi connectivity index (χ1v) is 7.60. The van der Waals surface area contributed by atoms with Crippen molar-refractivity contribution in [3.63, 3.8) is 0 Å². The zero-order valence-corrected chi connectivity index (χ0v) is 13.6. The number of hydrogen-bond acceptors (Lipinski definition) is 5. The van der Waals surface area contributed by atoms with Crippen molar-refractivity contribution in [3.8, 4) is 0 Å². The lowest BCUT2D eigenvalue weighted by Crippen LogP contribution is -2.50. The Bertz CT molecular complexity index is 710. The predicted octanol–water partition coefficient (Wildman–Crippen LogP) is 1.50. The number of aliphatic hydroxyl groups is 3. The number of aliphatic hydroxyl groups excluding tert-OH is 2. The van der Waals surface area contributed by atoms with Crippen LogP contribution in [-0.4, -0.2) is 50.3 Å². The van der Waals surface area contributed by atoms with Crippen LogP contribution < -0.4 is 0 Å². The van der Waals surface area contributed by atoms with Crippen LogP contribution in [0.4, 0.5) is 0 Å². The van der Waals surface area contributed by atoms with Crippen molar-refractivity contribution >= 4 is 50.2 Å². The second-order valence-electron chi connectivity index (χ2n) is 4.77. The van der Waals surface area contributed by atoms with Crippen LogP contribution in [0.5, 0.6) is 0 Å². The van der Waals surface area contributed by atoms with Crippen LogP contribution in [0.3, 0.4) is 0 Å². The Balaban J connectivity index is 2.28. The van der Waals surface area contributed by atoms with Gasteiger partial charge >= 0.3 is 0 Å². The summed E-state index contributed by atoms with van der Waals surface area (Å²) >= 11 is 15.2. The highest BCUT2D eigenvalue weighted by atomic mass is 79.9. The molecule has 1 fully saturated rings. The summed E-state index contributed by atoms with van der Waals surface area (Å²) in [6.07, 6.45) is -2.21. The Morgan fingerprint density at radius 3 is 2.76 bits per heavy atom. The molecule has 0 unspecified atom stereocenters. The number of benzene rings is 1. The Labute approximate surface area is 138 Å². The Hall–Kier alpha value is -0.410. The van der Waals surface area contributed by atoms with Crippen molar-refractivity contribution in [2.45, 2.75) is 17.9 Å². The summed E-state index contributed by atoms with van der Waals surface area (Å²) in [6.45, 7) is -0.559. The maximum Gasteiger partial charge on any atom is 0.201 e. The van der Waals surface area contributed by atoms with E-state index < -0.39 is 24.5 Å². The van der Waals surface area contributed by atoms with Crippen LogP contribution in [0.15, 0.2) is 16.9 Å². The lowest BCUT2D eigenvalue weighted by Gasteiger charge is -2.32. The molecule has 0 saturated carbocycles. The summed E-state index contributed by atoms with van der Waals surface area (Å²) < 4.78 is 6.85. The van der Waals surface area contributed by atoms with E-state index in [-0.39, 0.29) is 16.4 Å². The molecule has 0 bridgehead atoms. The smallest absolute Gasteiger partial charge is 0.201 e. The van der Waals surface area contributed by atoms with Gasteiger partial charge in [-0.15, -0.1) is 0 Å².